The Morgan fingerprint density at radius 1 is 1.00 bits per heavy atom. The first-order chi connectivity index (χ1) is 12.4. The highest BCUT2D eigenvalue weighted by molar-refractivity contribution is 7.88. The first-order valence-electron chi connectivity index (χ1n) is 7.93. The van der Waals surface area contributed by atoms with Gasteiger partial charge in [0.1, 0.15) is 0 Å². The highest BCUT2D eigenvalue weighted by Gasteiger charge is 2.12. The molecule has 0 aliphatic heterocycles. The first-order valence-corrected chi connectivity index (χ1v) is 10.3. The van der Waals surface area contributed by atoms with Crippen molar-refractivity contribution in [1.29, 1.82) is 0 Å². The molecule has 0 unspecified atom stereocenters. The van der Waals surface area contributed by atoms with E-state index in [4.69, 9.17) is 23.2 Å². The predicted octanol–water partition coefficient (Wildman–Crippen LogP) is 3.84. The quantitative estimate of drug-likeness (QED) is 0.644. The Bertz CT molecular complexity index is 972. The molecule has 3 aromatic rings. The van der Waals surface area contributed by atoms with Crippen LogP contribution in [0, 0.1) is 0 Å². The largest absolute Gasteiger partial charge is 0.241 e. The van der Waals surface area contributed by atoms with Gasteiger partial charge in [0.15, 0.2) is 0 Å². The minimum Gasteiger partial charge on any atom is -0.241 e. The lowest BCUT2D eigenvalue weighted by Crippen LogP contribution is -2.27. The molecule has 0 aliphatic carbocycles. The van der Waals surface area contributed by atoms with Gasteiger partial charge in [-0.25, -0.2) is 17.8 Å². The summed E-state index contributed by atoms with van der Waals surface area (Å²) in [5.74, 6) is -0.137. The minimum atomic E-state index is -3.44. The summed E-state index contributed by atoms with van der Waals surface area (Å²) in [6.07, 6.45) is 4.18. The zero-order valence-electron chi connectivity index (χ0n) is 13.8. The maximum atomic E-state index is 12.2. The van der Waals surface area contributed by atoms with E-state index in [1.165, 1.54) is 0 Å². The van der Waals surface area contributed by atoms with Crippen molar-refractivity contribution in [1.82, 2.24) is 14.5 Å². The van der Waals surface area contributed by atoms with Gasteiger partial charge in [-0.2, -0.15) is 5.10 Å². The number of nitrogens with one attached hydrogen (secondary N) is 1. The molecule has 0 bridgehead atoms. The molecule has 0 saturated carbocycles. The fraction of sp³-hybridized carbons (Fsp3) is 0.167. The zero-order valence-corrected chi connectivity index (χ0v) is 16.1. The van der Waals surface area contributed by atoms with E-state index < -0.39 is 10.0 Å². The second-order valence-electron chi connectivity index (χ2n) is 5.77. The maximum Gasteiger partial charge on any atom is 0.215 e. The first kappa shape index (κ1) is 18.9. The molecule has 8 heteroatoms. The number of halogens is 2. The van der Waals surface area contributed by atoms with Gasteiger partial charge in [-0.15, -0.1) is 0 Å². The van der Waals surface area contributed by atoms with Gasteiger partial charge in [-0.3, -0.25) is 0 Å². The third kappa shape index (κ3) is 5.08. The van der Waals surface area contributed by atoms with Gasteiger partial charge in [0.25, 0.3) is 0 Å². The lowest BCUT2D eigenvalue weighted by molar-refractivity contribution is 0.581. The van der Waals surface area contributed by atoms with Crippen molar-refractivity contribution in [3.8, 4) is 5.69 Å². The van der Waals surface area contributed by atoms with Crippen molar-refractivity contribution in [2.24, 2.45) is 0 Å². The molecule has 26 heavy (non-hydrogen) atoms. The van der Waals surface area contributed by atoms with E-state index in [1.807, 2.05) is 36.5 Å². The van der Waals surface area contributed by atoms with E-state index in [0.29, 0.717) is 28.6 Å². The van der Waals surface area contributed by atoms with Crippen LogP contribution in [0.3, 0.4) is 0 Å². The molecule has 2 aromatic carbocycles. The highest BCUT2D eigenvalue weighted by Crippen LogP contribution is 2.23. The van der Waals surface area contributed by atoms with Crippen LogP contribution < -0.4 is 4.72 Å². The molecule has 1 N–H and O–H groups in total. The summed E-state index contributed by atoms with van der Waals surface area (Å²) < 4.78 is 28.8. The lowest BCUT2D eigenvalue weighted by Gasteiger charge is -2.08. The molecule has 0 spiro atoms. The molecule has 0 amide bonds. The average Bonchev–Trinajstić information content (AvgIpc) is 3.13. The van der Waals surface area contributed by atoms with E-state index in [2.05, 4.69) is 9.82 Å². The summed E-state index contributed by atoms with van der Waals surface area (Å²) in [4.78, 5) is 0. The molecule has 0 aliphatic rings. The van der Waals surface area contributed by atoms with Gasteiger partial charge in [-0.1, -0.05) is 41.4 Å². The monoisotopic (exact) mass is 409 g/mol. The van der Waals surface area contributed by atoms with Gasteiger partial charge < -0.3 is 0 Å². The smallest absolute Gasteiger partial charge is 0.215 e. The van der Waals surface area contributed by atoms with Gasteiger partial charge in [-0.05, 0) is 47.9 Å². The Kier molecular flexibility index (Phi) is 5.98. The maximum absolute atomic E-state index is 12.2. The lowest BCUT2D eigenvalue weighted by atomic mass is 10.1. The highest BCUT2D eigenvalue weighted by atomic mass is 35.5. The van der Waals surface area contributed by atoms with Crippen molar-refractivity contribution >= 4 is 33.2 Å². The van der Waals surface area contributed by atoms with E-state index in [-0.39, 0.29) is 5.75 Å². The summed E-state index contributed by atoms with van der Waals surface area (Å²) in [5, 5.41) is 4.92. The Labute approximate surface area is 162 Å². The van der Waals surface area contributed by atoms with Crippen LogP contribution in [-0.4, -0.2) is 24.7 Å². The average molecular weight is 410 g/mol. The third-order valence-corrected chi connectivity index (χ3v) is 5.88. The van der Waals surface area contributed by atoms with Crippen LogP contribution in [0.4, 0.5) is 0 Å². The normalized spacial score (nSPS) is 11.6. The van der Waals surface area contributed by atoms with E-state index in [9.17, 15) is 8.42 Å². The second-order valence-corrected chi connectivity index (χ2v) is 8.39. The molecular formula is C18H17Cl2N3O2S. The van der Waals surface area contributed by atoms with Gasteiger partial charge in [0.2, 0.25) is 10.0 Å². The SMILES string of the molecule is O=S(=O)(Cc1ccc(Cl)c(Cl)c1)NCCc1ccc(-n2cccn2)cc1. The standard InChI is InChI=1S/C18H17Cl2N3O2S/c19-17-7-4-15(12-18(17)20)13-26(24,25)22-10-8-14-2-5-16(6-3-14)23-11-1-9-21-23/h1-7,9,11-12,22H,8,10,13H2. The molecule has 1 heterocycles. The van der Waals surface area contributed by atoms with Crippen molar-refractivity contribution in [3.05, 3.63) is 82.1 Å². The topological polar surface area (TPSA) is 64.0 Å². The number of hydrogen-bond donors (Lipinski definition) is 1. The Hall–Kier alpha value is -1.86. The van der Waals surface area contributed by atoms with Gasteiger partial charge in [0.05, 0.1) is 21.5 Å². The summed E-state index contributed by atoms with van der Waals surface area (Å²) >= 11 is 11.8. The van der Waals surface area contributed by atoms with Crippen LogP contribution in [0.5, 0.6) is 0 Å². The summed E-state index contributed by atoms with van der Waals surface area (Å²) in [5.41, 5.74) is 2.59. The van der Waals surface area contributed by atoms with Crippen molar-refractivity contribution < 1.29 is 8.42 Å². The number of benzene rings is 2. The van der Waals surface area contributed by atoms with Crippen LogP contribution in [0.15, 0.2) is 60.9 Å². The second kappa shape index (κ2) is 8.22. The van der Waals surface area contributed by atoms with Crippen molar-refractivity contribution in [2.75, 3.05) is 6.54 Å². The fourth-order valence-electron chi connectivity index (χ4n) is 2.49. The van der Waals surface area contributed by atoms with Crippen molar-refractivity contribution in [2.45, 2.75) is 12.2 Å². The Morgan fingerprint density at radius 3 is 2.38 bits per heavy atom. The molecule has 3 rings (SSSR count). The van der Waals surface area contributed by atoms with Crippen molar-refractivity contribution in [3.63, 3.8) is 0 Å². The number of sulfonamides is 1. The molecule has 0 saturated heterocycles. The molecule has 0 fully saturated rings. The van der Waals surface area contributed by atoms with Crippen LogP contribution in [-0.2, 0) is 22.2 Å². The minimum absolute atomic E-state index is 0.137. The number of rotatable bonds is 7. The molecule has 136 valence electrons. The number of nitrogens with zero attached hydrogens (tertiary/aromatic N) is 2. The van der Waals surface area contributed by atoms with Crippen LogP contribution in [0.1, 0.15) is 11.1 Å². The van der Waals surface area contributed by atoms with Gasteiger partial charge in [0, 0.05) is 18.9 Å². The van der Waals surface area contributed by atoms with Crippen LogP contribution in [0.25, 0.3) is 5.69 Å². The van der Waals surface area contributed by atoms with Crippen LogP contribution in [0.2, 0.25) is 10.0 Å². The molecule has 0 atom stereocenters. The van der Waals surface area contributed by atoms with E-state index in [0.717, 1.165) is 11.3 Å². The number of aromatic nitrogens is 2. The van der Waals surface area contributed by atoms with Gasteiger partial charge >= 0.3 is 0 Å². The zero-order chi connectivity index (χ0) is 18.6. The summed E-state index contributed by atoms with van der Waals surface area (Å²) in [6, 6.07) is 14.5. The van der Waals surface area contributed by atoms with E-state index >= 15 is 0 Å². The Morgan fingerprint density at radius 2 is 1.73 bits per heavy atom. The fourth-order valence-corrected chi connectivity index (χ4v) is 3.94. The predicted molar refractivity (Wildman–Crippen MR) is 104 cm³/mol. The Balaban J connectivity index is 1.54. The molecule has 5 nitrogen and oxygen atoms in total. The molecular weight excluding hydrogens is 393 g/mol. The van der Waals surface area contributed by atoms with Crippen LogP contribution >= 0.6 is 23.2 Å². The summed E-state index contributed by atoms with van der Waals surface area (Å²) in [7, 11) is -3.44. The van der Waals surface area contributed by atoms with E-state index in [1.54, 1.807) is 29.1 Å². The third-order valence-electron chi connectivity index (χ3n) is 3.78. The number of hydrogen-bond acceptors (Lipinski definition) is 3. The molecule has 1 aromatic heterocycles. The summed E-state index contributed by atoms with van der Waals surface area (Å²) in [6.45, 7) is 0.324. The molecule has 0 radical (unpaired) electrons.